The molecule has 2 aliphatic rings. The molecule has 2 aliphatic heterocycles. The highest BCUT2D eigenvalue weighted by Gasteiger charge is 2.52. The molecule has 8 nitrogen and oxygen atoms in total. The Hall–Kier alpha value is -1.75. The zero-order valence-electron chi connectivity index (χ0n) is 33.5. The molecule has 2 fully saturated rings. The van der Waals surface area contributed by atoms with Crippen molar-refractivity contribution in [3.05, 3.63) is 47.7 Å². The molecule has 0 saturated carbocycles. The van der Waals surface area contributed by atoms with E-state index in [4.69, 9.17) is 28.1 Å². The van der Waals surface area contributed by atoms with E-state index < -0.39 is 32.9 Å². The second-order valence-corrected chi connectivity index (χ2v) is 21.0. The summed E-state index contributed by atoms with van der Waals surface area (Å²) in [6, 6.07) is 9.42. The van der Waals surface area contributed by atoms with Crippen molar-refractivity contribution in [2.45, 2.75) is 186 Å². The Morgan fingerprint density at radius 1 is 0.941 bits per heavy atom. The standard InChI is InChI=1S/C42H73NO7Si/c1-9-10-11-12-13-14-15-16-17-18-19-20-21-25-30-46-31-35(45-6)28-29-36-38(43-33(2)44)40(50-51(7,8)42(3,4)5)39-37(48-36)32-47-41(49-39)34-26-23-22-24-27-34/h22-24,26-27,29,35,37-41H,9-21,25,28,30-32H2,1-8H3,(H,43,44)/b36-29-/t35-,37+,38-,39+,40+,41?/m0/s1. The first-order valence-electron chi connectivity index (χ1n) is 20.2. The average molecular weight is 732 g/mol. The summed E-state index contributed by atoms with van der Waals surface area (Å²) >= 11 is 0. The van der Waals surface area contributed by atoms with Crippen molar-refractivity contribution in [3.63, 3.8) is 0 Å². The van der Waals surface area contributed by atoms with Crippen LogP contribution >= 0.6 is 0 Å². The van der Waals surface area contributed by atoms with Gasteiger partial charge in [0.1, 0.15) is 24.0 Å². The second-order valence-electron chi connectivity index (χ2n) is 16.2. The maximum absolute atomic E-state index is 12.6. The first kappa shape index (κ1) is 43.6. The number of hydrogen-bond donors (Lipinski definition) is 1. The molecular weight excluding hydrogens is 659 g/mol. The van der Waals surface area contributed by atoms with Gasteiger partial charge in [0, 0.05) is 26.2 Å². The third-order valence-electron chi connectivity index (χ3n) is 10.8. The van der Waals surface area contributed by atoms with Crippen LogP contribution in [-0.4, -0.2) is 71.6 Å². The zero-order chi connectivity index (χ0) is 37.1. The second kappa shape index (κ2) is 23.1. The Morgan fingerprint density at radius 2 is 1.53 bits per heavy atom. The van der Waals surface area contributed by atoms with Gasteiger partial charge in [0.2, 0.25) is 5.91 Å². The lowest BCUT2D eigenvalue weighted by Crippen LogP contribution is -2.65. The summed E-state index contributed by atoms with van der Waals surface area (Å²) in [5.74, 6) is 0.512. The topological polar surface area (TPSA) is 84.5 Å². The highest BCUT2D eigenvalue weighted by molar-refractivity contribution is 6.74. The number of carbonyl (C=O) groups is 1. The number of carbonyl (C=O) groups excluding carboxylic acids is 1. The fraction of sp³-hybridized carbons (Fsp3) is 0.786. The summed E-state index contributed by atoms with van der Waals surface area (Å²) < 4.78 is 38.4. The lowest BCUT2D eigenvalue weighted by molar-refractivity contribution is -0.290. The van der Waals surface area contributed by atoms with Gasteiger partial charge in [-0.2, -0.15) is 0 Å². The molecule has 2 heterocycles. The number of fused-ring (bicyclic) bond motifs is 1. The van der Waals surface area contributed by atoms with Crippen LogP contribution < -0.4 is 5.32 Å². The molecule has 0 bridgehead atoms. The number of methoxy groups -OCH3 is 1. The summed E-state index contributed by atoms with van der Waals surface area (Å²) in [6.45, 7) is 16.5. The zero-order valence-corrected chi connectivity index (χ0v) is 34.5. The van der Waals surface area contributed by atoms with Gasteiger partial charge in [-0.25, -0.2) is 0 Å². The van der Waals surface area contributed by atoms with Crippen molar-refractivity contribution >= 4 is 14.2 Å². The van der Waals surface area contributed by atoms with Crippen LogP contribution in [0.15, 0.2) is 42.2 Å². The van der Waals surface area contributed by atoms with Crippen molar-refractivity contribution in [2.75, 3.05) is 26.9 Å². The molecule has 6 atom stereocenters. The number of rotatable bonds is 24. The van der Waals surface area contributed by atoms with Crippen LogP contribution in [0.5, 0.6) is 0 Å². The van der Waals surface area contributed by atoms with E-state index in [9.17, 15) is 4.79 Å². The predicted molar refractivity (Wildman–Crippen MR) is 209 cm³/mol. The summed E-state index contributed by atoms with van der Waals surface area (Å²) in [6.07, 6.45) is 19.5. The quantitative estimate of drug-likeness (QED) is 0.0837. The molecule has 1 unspecified atom stereocenters. The van der Waals surface area contributed by atoms with E-state index in [0.717, 1.165) is 18.6 Å². The Kier molecular flexibility index (Phi) is 19.8. The van der Waals surface area contributed by atoms with Gasteiger partial charge in [-0.3, -0.25) is 4.79 Å². The summed E-state index contributed by atoms with van der Waals surface area (Å²) in [7, 11) is -0.572. The number of ether oxygens (including phenoxy) is 5. The molecule has 1 N–H and O–H groups in total. The molecule has 51 heavy (non-hydrogen) atoms. The maximum atomic E-state index is 12.6. The van der Waals surface area contributed by atoms with E-state index in [2.05, 4.69) is 46.1 Å². The fourth-order valence-corrected chi connectivity index (χ4v) is 7.92. The Labute approximate surface area is 312 Å². The molecule has 0 aromatic heterocycles. The first-order chi connectivity index (χ1) is 24.5. The van der Waals surface area contributed by atoms with Gasteiger partial charge in [-0.1, -0.05) is 141 Å². The van der Waals surface area contributed by atoms with Gasteiger partial charge < -0.3 is 33.4 Å². The van der Waals surface area contributed by atoms with E-state index >= 15 is 0 Å². The third kappa shape index (κ3) is 15.3. The van der Waals surface area contributed by atoms with E-state index in [1.807, 2.05) is 36.4 Å². The number of nitrogens with one attached hydrogen (secondary N) is 1. The van der Waals surface area contributed by atoms with Gasteiger partial charge >= 0.3 is 0 Å². The molecular formula is C42H73NO7Si. The number of unbranched alkanes of at least 4 members (excludes halogenated alkanes) is 13. The smallest absolute Gasteiger partial charge is 0.217 e. The van der Waals surface area contributed by atoms with Crippen molar-refractivity contribution in [3.8, 4) is 0 Å². The minimum absolute atomic E-state index is 0.0408. The largest absolute Gasteiger partial charge is 0.488 e. The average Bonchev–Trinajstić information content (AvgIpc) is 3.10. The molecule has 3 rings (SSSR count). The molecule has 1 aromatic rings. The molecule has 0 aliphatic carbocycles. The van der Waals surface area contributed by atoms with Crippen LogP contribution in [0.2, 0.25) is 18.1 Å². The van der Waals surface area contributed by atoms with Crippen LogP contribution in [0, 0.1) is 0 Å². The minimum atomic E-state index is -2.29. The van der Waals surface area contributed by atoms with Crippen LogP contribution in [0.4, 0.5) is 0 Å². The highest BCUT2D eigenvalue weighted by Crippen LogP contribution is 2.42. The summed E-state index contributed by atoms with van der Waals surface area (Å²) in [5, 5.41) is 3.12. The summed E-state index contributed by atoms with van der Waals surface area (Å²) in [4.78, 5) is 12.6. The Balaban J connectivity index is 1.51. The maximum Gasteiger partial charge on any atom is 0.217 e. The minimum Gasteiger partial charge on any atom is -0.488 e. The van der Waals surface area contributed by atoms with Crippen molar-refractivity contribution < 1.29 is 32.9 Å². The van der Waals surface area contributed by atoms with E-state index in [-0.39, 0.29) is 23.2 Å². The lowest BCUT2D eigenvalue weighted by Gasteiger charge is -2.51. The van der Waals surface area contributed by atoms with Gasteiger partial charge in [-0.05, 0) is 37.0 Å². The van der Waals surface area contributed by atoms with Gasteiger partial charge in [0.25, 0.3) is 0 Å². The fourth-order valence-electron chi connectivity index (χ4n) is 6.61. The SMILES string of the molecule is CCCCCCCCCCCCCCCCOC[C@H](C/C=C1\O[C@@H]2COC(c3ccccc3)O[C@H]2[C@H](O[Si](C)(C)C(C)(C)C)[C@H]1NC(C)=O)OC. The lowest BCUT2D eigenvalue weighted by atomic mass is 9.93. The van der Waals surface area contributed by atoms with Crippen LogP contribution in [0.1, 0.15) is 143 Å². The molecule has 292 valence electrons. The molecule has 0 radical (unpaired) electrons. The normalized spacial score (nSPS) is 23.8. The molecule has 1 aromatic carbocycles. The van der Waals surface area contributed by atoms with Crippen LogP contribution in [0.25, 0.3) is 0 Å². The Morgan fingerprint density at radius 3 is 2.08 bits per heavy atom. The van der Waals surface area contributed by atoms with Crippen molar-refractivity contribution in [1.82, 2.24) is 5.32 Å². The van der Waals surface area contributed by atoms with Crippen LogP contribution in [-0.2, 0) is 32.9 Å². The van der Waals surface area contributed by atoms with Crippen molar-refractivity contribution in [2.24, 2.45) is 0 Å². The van der Waals surface area contributed by atoms with Gasteiger partial charge in [0.05, 0.1) is 19.3 Å². The van der Waals surface area contributed by atoms with Gasteiger partial charge in [0.15, 0.2) is 20.7 Å². The summed E-state index contributed by atoms with van der Waals surface area (Å²) in [5.41, 5.74) is 0.941. The first-order valence-corrected chi connectivity index (χ1v) is 23.1. The number of amides is 1. The van der Waals surface area contributed by atoms with E-state index in [1.165, 1.54) is 90.4 Å². The van der Waals surface area contributed by atoms with E-state index in [1.54, 1.807) is 7.11 Å². The molecule has 1 amide bonds. The predicted octanol–water partition coefficient (Wildman–Crippen LogP) is 10.2. The number of benzene rings is 1. The molecule has 0 spiro atoms. The molecule has 9 heteroatoms. The molecule has 2 saturated heterocycles. The van der Waals surface area contributed by atoms with Crippen molar-refractivity contribution in [1.29, 1.82) is 0 Å². The number of hydrogen-bond acceptors (Lipinski definition) is 7. The Bertz CT molecular complexity index is 1120. The highest BCUT2D eigenvalue weighted by atomic mass is 28.4. The van der Waals surface area contributed by atoms with Crippen LogP contribution in [0.3, 0.4) is 0 Å². The van der Waals surface area contributed by atoms with E-state index in [0.29, 0.717) is 25.4 Å². The monoisotopic (exact) mass is 732 g/mol. The third-order valence-corrected chi connectivity index (χ3v) is 15.3. The van der Waals surface area contributed by atoms with Gasteiger partial charge in [-0.15, -0.1) is 0 Å².